The SMILES string of the molecule is CC(Cl)CCNC(=O)Cc1ccc(C(F)(F)F)cc1. The first kappa shape index (κ1) is 15.8. The number of benzene rings is 1. The molecule has 0 spiro atoms. The van der Waals surface area contributed by atoms with Gasteiger partial charge in [0.1, 0.15) is 0 Å². The zero-order valence-electron chi connectivity index (χ0n) is 10.4. The zero-order chi connectivity index (χ0) is 14.5. The van der Waals surface area contributed by atoms with Crippen molar-refractivity contribution in [2.45, 2.75) is 31.3 Å². The van der Waals surface area contributed by atoms with Gasteiger partial charge >= 0.3 is 6.18 Å². The summed E-state index contributed by atoms with van der Waals surface area (Å²) < 4.78 is 37.0. The second-order valence-electron chi connectivity index (χ2n) is 4.29. The van der Waals surface area contributed by atoms with Crippen molar-refractivity contribution in [3.63, 3.8) is 0 Å². The van der Waals surface area contributed by atoms with E-state index in [1.54, 1.807) is 0 Å². The van der Waals surface area contributed by atoms with E-state index in [4.69, 9.17) is 11.6 Å². The van der Waals surface area contributed by atoms with Crippen LogP contribution < -0.4 is 5.32 Å². The standard InChI is InChI=1S/C13H15ClF3NO/c1-9(14)6-7-18-12(19)8-10-2-4-11(5-3-10)13(15,16)17/h2-5,9H,6-8H2,1H3,(H,18,19). The van der Waals surface area contributed by atoms with E-state index in [1.165, 1.54) is 12.1 Å². The average Bonchev–Trinajstić information content (AvgIpc) is 2.27. The van der Waals surface area contributed by atoms with E-state index in [-0.39, 0.29) is 17.7 Å². The lowest BCUT2D eigenvalue weighted by molar-refractivity contribution is -0.137. The molecule has 0 radical (unpaired) electrons. The maximum absolute atomic E-state index is 12.3. The summed E-state index contributed by atoms with van der Waals surface area (Å²) in [4.78, 5) is 11.5. The van der Waals surface area contributed by atoms with Crippen LogP contribution >= 0.6 is 11.6 Å². The molecule has 0 aliphatic rings. The lowest BCUT2D eigenvalue weighted by atomic mass is 10.1. The first-order valence-electron chi connectivity index (χ1n) is 5.86. The third-order valence-corrected chi connectivity index (χ3v) is 2.73. The van der Waals surface area contributed by atoms with Crippen LogP contribution in [0.3, 0.4) is 0 Å². The maximum Gasteiger partial charge on any atom is 0.416 e. The van der Waals surface area contributed by atoms with Crippen molar-refractivity contribution in [2.24, 2.45) is 0 Å². The molecule has 0 saturated heterocycles. The van der Waals surface area contributed by atoms with Crippen molar-refractivity contribution >= 4 is 17.5 Å². The summed E-state index contributed by atoms with van der Waals surface area (Å²) in [5, 5.41) is 2.64. The Morgan fingerprint density at radius 1 is 1.32 bits per heavy atom. The van der Waals surface area contributed by atoms with E-state index in [0.717, 1.165) is 12.1 Å². The molecule has 0 saturated carbocycles. The van der Waals surface area contributed by atoms with Crippen LogP contribution in [0.15, 0.2) is 24.3 Å². The largest absolute Gasteiger partial charge is 0.416 e. The van der Waals surface area contributed by atoms with Gasteiger partial charge in [-0.05, 0) is 31.0 Å². The number of hydrogen-bond acceptors (Lipinski definition) is 1. The number of alkyl halides is 4. The van der Waals surface area contributed by atoms with Crippen molar-refractivity contribution in [1.29, 1.82) is 0 Å². The van der Waals surface area contributed by atoms with Crippen LogP contribution in [-0.2, 0) is 17.4 Å². The number of nitrogens with one attached hydrogen (secondary N) is 1. The van der Waals surface area contributed by atoms with Gasteiger partial charge in [-0.15, -0.1) is 11.6 Å². The predicted molar refractivity (Wildman–Crippen MR) is 68.1 cm³/mol. The van der Waals surface area contributed by atoms with Gasteiger partial charge in [0.2, 0.25) is 5.91 Å². The fourth-order valence-electron chi connectivity index (χ4n) is 1.47. The Morgan fingerprint density at radius 2 is 1.89 bits per heavy atom. The Labute approximate surface area is 114 Å². The van der Waals surface area contributed by atoms with Gasteiger partial charge < -0.3 is 5.32 Å². The first-order chi connectivity index (χ1) is 8.79. The van der Waals surface area contributed by atoms with Crippen LogP contribution in [0.1, 0.15) is 24.5 Å². The fourth-order valence-corrected chi connectivity index (χ4v) is 1.58. The molecule has 106 valence electrons. The molecule has 1 unspecified atom stereocenters. The molecule has 19 heavy (non-hydrogen) atoms. The molecule has 1 aromatic carbocycles. The average molecular weight is 294 g/mol. The summed E-state index contributed by atoms with van der Waals surface area (Å²) in [7, 11) is 0. The summed E-state index contributed by atoms with van der Waals surface area (Å²) in [6.07, 6.45) is -3.63. The molecule has 0 heterocycles. The van der Waals surface area contributed by atoms with Crippen molar-refractivity contribution in [3.05, 3.63) is 35.4 Å². The number of rotatable bonds is 5. The molecule has 0 aromatic heterocycles. The lowest BCUT2D eigenvalue weighted by Crippen LogP contribution is -2.27. The van der Waals surface area contributed by atoms with Gasteiger partial charge in [0.25, 0.3) is 0 Å². The second-order valence-corrected chi connectivity index (χ2v) is 5.04. The van der Waals surface area contributed by atoms with Crippen LogP contribution in [0.2, 0.25) is 0 Å². The van der Waals surface area contributed by atoms with Crippen molar-refractivity contribution in [2.75, 3.05) is 6.54 Å². The summed E-state index contributed by atoms with van der Waals surface area (Å²) in [5.74, 6) is -0.225. The number of carbonyl (C=O) groups excluding carboxylic acids is 1. The molecule has 1 rings (SSSR count). The van der Waals surface area contributed by atoms with Crippen molar-refractivity contribution in [3.8, 4) is 0 Å². The highest BCUT2D eigenvalue weighted by atomic mass is 35.5. The maximum atomic E-state index is 12.3. The van der Waals surface area contributed by atoms with E-state index in [2.05, 4.69) is 5.32 Å². The normalized spacial score (nSPS) is 13.1. The second kappa shape index (κ2) is 6.80. The molecule has 1 aromatic rings. The Hall–Kier alpha value is -1.23. The van der Waals surface area contributed by atoms with Gasteiger partial charge in [0.15, 0.2) is 0 Å². The molecule has 0 aliphatic heterocycles. The first-order valence-corrected chi connectivity index (χ1v) is 6.29. The molecule has 6 heteroatoms. The minimum Gasteiger partial charge on any atom is -0.356 e. The van der Waals surface area contributed by atoms with Crippen LogP contribution in [0.5, 0.6) is 0 Å². The lowest BCUT2D eigenvalue weighted by Gasteiger charge is -2.08. The van der Waals surface area contributed by atoms with Crippen molar-refractivity contribution in [1.82, 2.24) is 5.32 Å². The Kier molecular flexibility index (Phi) is 5.66. The fraction of sp³-hybridized carbons (Fsp3) is 0.462. The van der Waals surface area contributed by atoms with Crippen LogP contribution in [0.4, 0.5) is 13.2 Å². The highest BCUT2D eigenvalue weighted by molar-refractivity contribution is 6.20. The number of amides is 1. The smallest absolute Gasteiger partial charge is 0.356 e. The number of hydrogen-bond donors (Lipinski definition) is 1. The molecule has 1 amide bonds. The molecule has 0 aliphatic carbocycles. The van der Waals surface area contributed by atoms with E-state index in [9.17, 15) is 18.0 Å². The van der Waals surface area contributed by atoms with Crippen LogP contribution in [0.25, 0.3) is 0 Å². The topological polar surface area (TPSA) is 29.1 Å². The summed E-state index contributed by atoms with van der Waals surface area (Å²) in [5.41, 5.74) is -0.169. The summed E-state index contributed by atoms with van der Waals surface area (Å²) in [6.45, 7) is 2.29. The number of halogens is 4. The monoisotopic (exact) mass is 293 g/mol. The molecule has 1 atom stereocenters. The van der Waals surface area contributed by atoms with Gasteiger partial charge in [-0.1, -0.05) is 12.1 Å². The molecular formula is C13H15ClF3NO. The zero-order valence-corrected chi connectivity index (χ0v) is 11.2. The molecule has 1 N–H and O–H groups in total. The molecule has 2 nitrogen and oxygen atoms in total. The highest BCUT2D eigenvalue weighted by Crippen LogP contribution is 2.29. The van der Waals surface area contributed by atoms with Gasteiger partial charge in [0, 0.05) is 11.9 Å². The van der Waals surface area contributed by atoms with Gasteiger partial charge in [-0.25, -0.2) is 0 Å². The third-order valence-electron chi connectivity index (χ3n) is 2.51. The third kappa shape index (κ3) is 5.96. The molecule has 0 fully saturated rings. The quantitative estimate of drug-likeness (QED) is 0.829. The molecule has 0 bridgehead atoms. The van der Waals surface area contributed by atoms with Gasteiger partial charge in [-0.2, -0.15) is 13.2 Å². The summed E-state index contributed by atoms with van der Waals surface area (Å²) in [6, 6.07) is 4.58. The van der Waals surface area contributed by atoms with E-state index >= 15 is 0 Å². The highest BCUT2D eigenvalue weighted by Gasteiger charge is 2.29. The Balaban J connectivity index is 2.47. The molecular weight excluding hydrogens is 279 g/mol. The number of carbonyl (C=O) groups is 1. The van der Waals surface area contributed by atoms with E-state index in [0.29, 0.717) is 18.5 Å². The van der Waals surface area contributed by atoms with E-state index in [1.807, 2.05) is 6.92 Å². The summed E-state index contributed by atoms with van der Waals surface area (Å²) >= 11 is 5.72. The van der Waals surface area contributed by atoms with E-state index < -0.39 is 11.7 Å². The van der Waals surface area contributed by atoms with Crippen LogP contribution in [-0.4, -0.2) is 17.8 Å². The van der Waals surface area contributed by atoms with Crippen molar-refractivity contribution < 1.29 is 18.0 Å². The Morgan fingerprint density at radius 3 is 2.37 bits per heavy atom. The minimum absolute atomic E-state index is 0.0219. The van der Waals surface area contributed by atoms with Gasteiger partial charge in [-0.3, -0.25) is 4.79 Å². The van der Waals surface area contributed by atoms with Gasteiger partial charge in [0.05, 0.1) is 12.0 Å². The predicted octanol–water partition coefficient (Wildman–Crippen LogP) is 3.38. The Bertz CT molecular complexity index is 415. The minimum atomic E-state index is -4.35. The van der Waals surface area contributed by atoms with Crippen LogP contribution in [0, 0.1) is 0 Å².